The highest BCUT2D eigenvalue weighted by molar-refractivity contribution is 5.92. The molecule has 0 radical (unpaired) electrons. The van der Waals surface area contributed by atoms with Crippen LogP contribution in [-0.4, -0.2) is 38.4 Å². The third-order valence-corrected chi connectivity index (χ3v) is 3.21. The summed E-state index contributed by atoms with van der Waals surface area (Å²) in [5.74, 6) is -0.373. The van der Waals surface area contributed by atoms with Crippen LogP contribution in [0.2, 0.25) is 0 Å². The second-order valence-electron chi connectivity index (χ2n) is 4.93. The molecule has 1 aromatic rings. The van der Waals surface area contributed by atoms with Gasteiger partial charge in [0.25, 0.3) is 0 Å². The Hall–Kier alpha value is -1.75. The second kappa shape index (κ2) is 5.48. The quantitative estimate of drug-likeness (QED) is 0.650. The van der Waals surface area contributed by atoms with E-state index in [1.165, 1.54) is 7.11 Å². The lowest BCUT2D eigenvalue weighted by Gasteiger charge is -2.37. The Kier molecular flexibility index (Phi) is 3.95. The summed E-state index contributed by atoms with van der Waals surface area (Å²) in [6.07, 6.45) is 0.340. The SMILES string of the molecule is COC(=O)c1ccc(N2C[C@H](C)O[C@@H](C)C2)c(N)c1. The fourth-order valence-electron chi connectivity index (χ4n) is 2.46. The number of hydrogen-bond donors (Lipinski definition) is 1. The van der Waals surface area contributed by atoms with E-state index in [9.17, 15) is 4.79 Å². The molecule has 2 N–H and O–H groups in total. The maximum absolute atomic E-state index is 11.4. The highest BCUT2D eigenvalue weighted by Crippen LogP contribution is 2.27. The standard InChI is InChI=1S/C14H20N2O3/c1-9-7-16(8-10(2)19-9)13-5-4-11(6-12(13)15)14(17)18-3/h4-6,9-10H,7-8,15H2,1-3H3/t9-,10-/m0/s1. The number of nitrogens with two attached hydrogens (primary N) is 1. The third-order valence-electron chi connectivity index (χ3n) is 3.21. The van der Waals surface area contributed by atoms with Gasteiger partial charge in [-0.25, -0.2) is 4.79 Å². The molecule has 2 atom stereocenters. The average molecular weight is 264 g/mol. The van der Waals surface area contributed by atoms with Crippen molar-refractivity contribution in [2.24, 2.45) is 0 Å². The minimum Gasteiger partial charge on any atom is -0.465 e. The molecule has 5 nitrogen and oxygen atoms in total. The summed E-state index contributed by atoms with van der Waals surface area (Å²) in [6, 6.07) is 5.26. The second-order valence-corrected chi connectivity index (χ2v) is 4.93. The minimum atomic E-state index is -0.373. The Bertz CT molecular complexity index is 466. The number of nitrogens with zero attached hydrogens (tertiary/aromatic N) is 1. The van der Waals surface area contributed by atoms with E-state index in [-0.39, 0.29) is 18.2 Å². The van der Waals surface area contributed by atoms with Gasteiger partial charge in [-0.3, -0.25) is 0 Å². The van der Waals surface area contributed by atoms with E-state index >= 15 is 0 Å². The Morgan fingerprint density at radius 1 is 1.37 bits per heavy atom. The Labute approximate surface area is 113 Å². The van der Waals surface area contributed by atoms with Crippen LogP contribution >= 0.6 is 0 Å². The Morgan fingerprint density at radius 3 is 2.53 bits per heavy atom. The lowest BCUT2D eigenvalue weighted by Crippen LogP contribution is -2.45. The zero-order valence-electron chi connectivity index (χ0n) is 11.6. The van der Waals surface area contributed by atoms with Crippen LogP contribution in [0.5, 0.6) is 0 Å². The molecule has 1 saturated heterocycles. The molecule has 104 valence electrons. The molecule has 0 unspecified atom stereocenters. The van der Waals surface area contributed by atoms with Gasteiger partial charge in [0.15, 0.2) is 0 Å². The van der Waals surface area contributed by atoms with E-state index in [4.69, 9.17) is 10.5 Å². The van der Waals surface area contributed by atoms with Crippen molar-refractivity contribution in [2.45, 2.75) is 26.1 Å². The van der Waals surface area contributed by atoms with E-state index < -0.39 is 0 Å². The highest BCUT2D eigenvalue weighted by atomic mass is 16.5. The van der Waals surface area contributed by atoms with Crippen LogP contribution in [0.1, 0.15) is 24.2 Å². The highest BCUT2D eigenvalue weighted by Gasteiger charge is 2.23. The summed E-state index contributed by atoms with van der Waals surface area (Å²) in [5, 5.41) is 0. The number of anilines is 2. The number of carbonyl (C=O) groups is 1. The van der Waals surface area contributed by atoms with Crippen LogP contribution < -0.4 is 10.6 Å². The van der Waals surface area contributed by atoms with Crippen molar-refractivity contribution in [2.75, 3.05) is 30.8 Å². The summed E-state index contributed by atoms with van der Waals surface area (Å²) in [6.45, 7) is 5.68. The van der Waals surface area contributed by atoms with Crippen molar-refractivity contribution >= 4 is 17.3 Å². The maximum atomic E-state index is 11.4. The van der Waals surface area contributed by atoms with Gasteiger partial charge in [-0.2, -0.15) is 0 Å². The smallest absolute Gasteiger partial charge is 0.337 e. The first kappa shape index (κ1) is 13.7. The molecule has 0 amide bonds. The molecule has 1 aliphatic heterocycles. The van der Waals surface area contributed by atoms with E-state index in [0.717, 1.165) is 18.8 Å². The fourth-order valence-corrected chi connectivity index (χ4v) is 2.46. The van der Waals surface area contributed by atoms with Crippen LogP contribution in [0.25, 0.3) is 0 Å². The van der Waals surface area contributed by atoms with Crippen molar-refractivity contribution in [3.63, 3.8) is 0 Å². The minimum absolute atomic E-state index is 0.170. The zero-order chi connectivity index (χ0) is 14.0. The molecule has 1 fully saturated rings. The summed E-state index contributed by atoms with van der Waals surface area (Å²) in [5.41, 5.74) is 8.04. The van der Waals surface area contributed by atoms with Crippen LogP contribution in [0.3, 0.4) is 0 Å². The van der Waals surface area contributed by atoms with E-state index in [1.54, 1.807) is 12.1 Å². The van der Waals surface area contributed by atoms with Gasteiger partial charge in [-0.05, 0) is 32.0 Å². The molecule has 0 bridgehead atoms. The number of benzene rings is 1. The van der Waals surface area contributed by atoms with Crippen LogP contribution in [0.4, 0.5) is 11.4 Å². The first-order chi connectivity index (χ1) is 9.01. The Balaban J connectivity index is 2.23. The molecule has 0 aromatic heterocycles. The maximum Gasteiger partial charge on any atom is 0.337 e. The van der Waals surface area contributed by atoms with Crippen LogP contribution in [-0.2, 0) is 9.47 Å². The summed E-state index contributed by atoms with van der Waals surface area (Å²) >= 11 is 0. The lowest BCUT2D eigenvalue weighted by molar-refractivity contribution is -0.00517. The molecular weight excluding hydrogens is 244 g/mol. The third kappa shape index (κ3) is 2.98. The lowest BCUT2D eigenvalue weighted by atomic mass is 10.1. The van der Waals surface area contributed by atoms with Crippen molar-refractivity contribution in [1.29, 1.82) is 0 Å². The van der Waals surface area contributed by atoms with Crippen molar-refractivity contribution in [1.82, 2.24) is 0 Å². The summed E-state index contributed by atoms with van der Waals surface area (Å²) in [4.78, 5) is 13.6. The molecule has 1 aromatic carbocycles. The van der Waals surface area contributed by atoms with Crippen molar-refractivity contribution < 1.29 is 14.3 Å². The molecule has 0 spiro atoms. The van der Waals surface area contributed by atoms with Crippen LogP contribution in [0, 0.1) is 0 Å². The number of nitrogen functional groups attached to an aromatic ring is 1. The summed E-state index contributed by atoms with van der Waals surface area (Å²) in [7, 11) is 1.36. The number of ether oxygens (including phenoxy) is 2. The van der Waals surface area contributed by atoms with E-state index in [2.05, 4.69) is 9.64 Å². The predicted octanol–water partition coefficient (Wildman–Crippen LogP) is 1.67. The van der Waals surface area contributed by atoms with Gasteiger partial charge in [0.1, 0.15) is 0 Å². The number of methoxy groups -OCH3 is 1. The normalized spacial score (nSPS) is 23.2. The largest absolute Gasteiger partial charge is 0.465 e. The average Bonchev–Trinajstić information content (AvgIpc) is 2.36. The van der Waals surface area contributed by atoms with Gasteiger partial charge >= 0.3 is 5.97 Å². The molecule has 0 saturated carbocycles. The number of carbonyl (C=O) groups excluding carboxylic acids is 1. The van der Waals surface area contributed by atoms with Crippen LogP contribution in [0.15, 0.2) is 18.2 Å². The molecule has 0 aliphatic carbocycles. The summed E-state index contributed by atoms with van der Waals surface area (Å²) < 4.78 is 10.4. The fraction of sp³-hybridized carbons (Fsp3) is 0.500. The first-order valence-electron chi connectivity index (χ1n) is 6.39. The number of hydrogen-bond acceptors (Lipinski definition) is 5. The van der Waals surface area contributed by atoms with E-state index in [0.29, 0.717) is 11.3 Å². The van der Waals surface area contributed by atoms with Gasteiger partial charge in [0.05, 0.1) is 36.3 Å². The molecule has 19 heavy (non-hydrogen) atoms. The van der Waals surface area contributed by atoms with Gasteiger partial charge in [-0.15, -0.1) is 0 Å². The zero-order valence-corrected chi connectivity index (χ0v) is 11.6. The Morgan fingerprint density at radius 2 is 2.00 bits per heavy atom. The van der Waals surface area contributed by atoms with Crippen molar-refractivity contribution in [3.8, 4) is 0 Å². The predicted molar refractivity (Wildman–Crippen MR) is 74.4 cm³/mol. The van der Waals surface area contributed by atoms with Gasteiger partial charge < -0.3 is 20.1 Å². The first-order valence-corrected chi connectivity index (χ1v) is 6.39. The number of esters is 1. The van der Waals surface area contributed by atoms with Gasteiger partial charge in [0.2, 0.25) is 0 Å². The number of rotatable bonds is 2. The monoisotopic (exact) mass is 264 g/mol. The van der Waals surface area contributed by atoms with E-state index in [1.807, 2.05) is 19.9 Å². The molecule has 2 rings (SSSR count). The van der Waals surface area contributed by atoms with Gasteiger partial charge in [-0.1, -0.05) is 0 Å². The molecule has 1 aliphatic rings. The number of morpholine rings is 1. The molecule has 1 heterocycles. The topological polar surface area (TPSA) is 64.8 Å². The molecular formula is C14H20N2O3. The molecule has 5 heteroatoms. The van der Waals surface area contributed by atoms with Crippen molar-refractivity contribution in [3.05, 3.63) is 23.8 Å². The van der Waals surface area contributed by atoms with Gasteiger partial charge in [0, 0.05) is 13.1 Å².